The molecule has 0 amide bonds. The molecule has 0 radical (unpaired) electrons. The van der Waals surface area contributed by atoms with E-state index in [1.165, 1.54) is 0 Å². The number of rotatable bonds is 2. The molecule has 0 heterocycles. The van der Waals surface area contributed by atoms with Crippen LogP contribution in [0.1, 0.15) is 13.8 Å². The largest absolute Gasteiger partial charge is 0.221 e. The first kappa shape index (κ1) is 9.22. The van der Waals surface area contributed by atoms with Gasteiger partial charge in [0, 0.05) is 0 Å². The van der Waals surface area contributed by atoms with Crippen molar-refractivity contribution < 1.29 is 0 Å². The molecular weight excluding hydrogens is 229 g/mol. The van der Waals surface area contributed by atoms with E-state index in [1.807, 2.05) is 0 Å². The molecule has 0 nitrogen and oxygen atoms in total. The second-order valence-corrected chi connectivity index (χ2v) is 5.23. The van der Waals surface area contributed by atoms with Gasteiger partial charge in [-0.05, 0) is 11.5 Å². The Labute approximate surface area is 68.3 Å². The Bertz CT molecular complexity index is 57.4. The van der Waals surface area contributed by atoms with Gasteiger partial charge >= 0.3 is 0 Å². The molecule has 0 spiro atoms. The molecule has 0 fully saturated rings. The van der Waals surface area contributed by atoms with E-state index >= 15 is 0 Å². The summed E-state index contributed by atoms with van der Waals surface area (Å²) in [5.41, 5.74) is 0.774. The van der Waals surface area contributed by atoms with Gasteiger partial charge in [-0.1, -0.05) is 20.7 Å². The van der Waals surface area contributed by atoms with E-state index in [1.54, 1.807) is 0 Å². The van der Waals surface area contributed by atoms with Crippen molar-refractivity contribution in [2.75, 3.05) is 0 Å². The fourth-order valence-corrected chi connectivity index (χ4v) is 1.36. The maximum Gasteiger partial charge on any atom is 0.221 e. The van der Waals surface area contributed by atoms with Gasteiger partial charge in [-0.3, -0.25) is 0 Å². The van der Waals surface area contributed by atoms with Crippen molar-refractivity contribution in [1.29, 1.82) is 0 Å². The van der Waals surface area contributed by atoms with E-state index in [9.17, 15) is 0 Å². The van der Waals surface area contributed by atoms with Crippen LogP contribution in [-0.4, -0.2) is 10.1 Å². The van der Waals surface area contributed by atoms with Gasteiger partial charge < -0.3 is 0 Å². The molecule has 0 aromatic rings. The highest BCUT2D eigenvalue weighted by atomic mass is 127. The Hall–Kier alpha value is 1.22. The van der Waals surface area contributed by atoms with Crippen LogP contribution in [0, 0.1) is 5.92 Å². The highest BCUT2D eigenvalue weighted by Crippen LogP contribution is 2.18. The second-order valence-electron chi connectivity index (χ2n) is 2.50. The summed E-state index contributed by atoms with van der Waals surface area (Å²) in [6.07, 6.45) is 0. The molecule has 8 heavy (non-hydrogen) atoms. The van der Waals surface area contributed by atoms with Gasteiger partial charge in [0.25, 0.3) is 0 Å². The second kappa shape index (κ2) is 4.11. The third-order valence-corrected chi connectivity index (χ3v) is 4.26. The summed E-state index contributed by atoms with van der Waals surface area (Å²) in [6, 6.07) is 0. The van der Waals surface area contributed by atoms with Crippen molar-refractivity contribution in [2.45, 2.75) is 26.2 Å². The van der Waals surface area contributed by atoms with Crippen LogP contribution in [0.25, 0.3) is 0 Å². The highest BCUT2D eigenvalue weighted by Gasteiger charge is 2.15. The lowest BCUT2D eigenvalue weighted by Gasteiger charge is -2.14. The van der Waals surface area contributed by atoms with Gasteiger partial charge in [0.15, 0.2) is 0 Å². The molecule has 0 rings (SSSR count). The van der Waals surface area contributed by atoms with Gasteiger partial charge in [0.05, 0.1) is 0 Å². The van der Waals surface area contributed by atoms with Crippen molar-refractivity contribution in [3.05, 3.63) is 0 Å². The Morgan fingerprint density at radius 3 is 1.88 bits per heavy atom. The Morgan fingerprint density at radius 1 is 1.50 bits per heavy atom. The monoisotopic (exact) mass is 242 g/mol. The summed E-state index contributed by atoms with van der Waals surface area (Å²) in [4.78, 5) is 0. The quantitative estimate of drug-likeness (QED) is 0.396. The first-order chi connectivity index (χ1) is 3.55. The summed E-state index contributed by atoms with van der Waals surface area (Å²) in [6.45, 7) is 6.76. The Balaban J connectivity index is 3.46. The van der Waals surface area contributed by atoms with E-state index in [0.717, 1.165) is 16.0 Å². The van der Waals surface area contributed by atoms with Crippen LogP contribution < -0.4 is 0 Å². The molecule has 0 aromatic carbocycles. The topological polar surface area (TPSA) is 0 Å². The summed E-state index contributed by atoms with van der Waals surface area (Å²) in [5, 5.41) is 0. The van der Waals surface area contributed by atoms with E-state index in [4.69, 9.17) is 0 Å². The third-order valence-electron chi connectivity index (χ3n) is 1.30. The molecule has 0 aliphatic rings. The van der Waals surface area contributed by atoms with Gasteiger partial charge in [0.1, 0.15) is 0 Å². The molecule has 3 heteroatoms. The minimum Gasteiger partial charge on any atom is -0.149 e. The average molecular weight is 242 g/mol. The Kier molecular flexibility index (Phi) is 4.74. The zero-order chi connectivity index (χ0) is 6.73. The van der Waals surface area contributed by atoms with Crippen molar-refractivity contribution in [1.82, 2.24) is 0 Å². The van der Waals surface area contributed by atoms with Gasteiger partial charge in [0.2, 0.25) is 4.57 Å². The third kappa shape index (κ3) is 3.29. The molecule has 0 bridgehead atoms. The molecule has 0 aliphatic carbocycles. The van der Waals surface area contributed by atoms with Crippen LogP contribution >= 0.6 is 31.6 Å². The summed E-state index contributed by atoms with van der Waals surface area (Å²) >= 11 is 2.46. The zero-order valence-electron chi connectivity index (χ0n) is 5.69. The van der Waals surface area contributed by atoms with E-state index in [2.05, 4.69) is 52.3 Å². The lowest BCUT2D eigenvalue weighted by atomic mass is 9.72. The SMILES string of the molecule is CB(I)[C@@H](P)C(C)C. The lowest BCUT2D eigenvalue weighted by molar-refractivity contribution is 0.709. The van der Waals surface area contributed by atoms with Gasteiger partial charge in [-0.15, -0.1) is 31.6 Å². The minimum absolute atomic E-state index is 0.774. The molecule has 0 saturated heterocycles. The predicted octanol–water partition coefficient (Wildman–Crippen LogP) is 2.48. The summed E-state index contributed by atoms with van der Waals surface area (Å²) in [7, 11) is 2.88. The lowest BCUT2D eigenvalue weighted by Crippen LogP contribution is -2.20. The maximum atomic E-state index is 2.88. The molecule has 2 atom stereocenters. The van der Waals surface area contributed by atoms with Crippen molar-refractivity contribution in [3.63, 3.8) is 0 Å². The molecule has 0 N–H and O–H groups in total. The standard InChI is InChI=1S/C5H13BIP/c1-4(2)5(8)6(3)7/h4-5H,8H2,1-3H3/t5-/m0/s1. The average Bonchev–Trinajstić information content (AvgIpc) is 1.64. The fraction of sp³-hybridized carbons (Fsp3) is 1.00. The smallest absolute Gasteiger partial charge is 0.149 e. The van der Waals surface area contributed by atoms with Gasteiger partial charge in [-0.25, -0.2) is 0 Å². The molecule has 1 unspecified atom stereocenters. The maximum absolute atomic E-state index is 2.88. The number of hydrogen-bond donors (Lipinski definition) is 0. The Morgan fingerprint density at radius 2 is 1.88 bits per heavy atom. The normalized spacial score (nSPS) is 14.2. The van der Waals surface area contributed by atoms with Crippen LogP contribution in [-0.2, 0) is 0 Å². The molecule has 0 saturated carbocycles. The van der Waals surface area contributed by atoms with Crippen molar-refractivity contribution >= 4 is 36.2 Å². The molecule has 0 aliphatic heterocycles. The predicted molar refractivity (Wildman–Crippen MR) is 54.0 cm³/mol. The molecule has 48 valence electrons. The van der Waals surface area contributed by atoms with Crippen molar-refractivity contribution in [2.24, 2.45) is 5.92 Å². The highest BCUT2D eigenvalue weighted by molar-refractivity contribution is 14.1. The van der Waals surface area contributed by atoms with Crippen LogP contribution in [0.5, 0.6) is 0 Å². The molecular formula is C5H13BIP. The first-order valence-corrected chi connectivity index (χ1v) is 4.86. The first-order valence-electron chi connectivity index (χ1n) is 2.95. The number of halogens is 1. The van der Waals surface area contributed by atoms with Crippen LogP contribution in [0.2, 0.25) is 6.82 Å². The zero-order valence-corrected chi connectivity index (χ0v) is 9.00. The van der Waals surface area contributed by atoms with Crippen LogP contribution in [0.3, 0.4) is 0 Å². The summed E-state index contributed by atoms with van der Waals surface area (Å²) in [5.74, 6) is 0.798. The van der Waals surface area contributed by atoms with Crippen LogP contribution in [0.15, 0.2) is 0 Å². The fourth-order valence-electron chi connectivity index (χ4n) is 0.530. The van der Waals surface area contributed by atoms with Gasteiger partial charge in [-0.2, -0.15) is 0 Å². The minimum atomic E-state index is 0.774. The number of hydrogen-bond acceptors (Lipinski definition) is 0. The van der Waals surface area contributed by atoms with E-state index in [0.29, 0.717) is 0 Å². The van der Waals surface area contributed by atoms with E-state index < -0.39 is 0 Å². The van der Waals surface area contributed by atoms with Crippen molar-refractivity contribution in [3.8, 4) is 0 Å². The summed E-state index contributed by atoms with van der Waals surface area (Å²) < 4.78 is 0.776. The van der Waals surface area contributed by atoms with E-state index in [-0.39, 0.29) is 0 Å². The van der Waals surface area contributed by atoms with Crippen LogP contribution in [0.4, 0.5) is 0 Å². The molecule has 0 aromatic heterocycles.